The van der Waals surface area contributed by atoms with Crippen LogP contribution in [-0.2, 0) is 6.54 Å². The van der Waals surface area contributed by atoms with E-state index in [2.05, 4.69) is 20.5 Å². The van der Waals surface area contributed by atoms with Crippen molar-refractivity contribution >= 4 is 0 Å². The Morgan fingerprint density at radius 1 is 1.38 bits per heavy atom. The Morgan fingerprint density at radius 3 is 3.25 bits per heavy atom. The van der Waals surface area contributed by atoms with E-state index in [0.29, 0.717) is 12.5 Å². The number of fused-ring (bicyclic) bond motifs is 1. The molecule has 6 nitrogen and oxygen atoms in total. The maximum absolute atomic E-state index is 5.57. The first-order valence-corrected chi connectivity index (χ1v) is 5.17. The van der Waals surface area contributed by atoms with Gasteiger partial charge in [-0.2, -0.15) is 9.67 Å². The average molecular weight is 218 g/mol. The van der Waals surface area contributed by atoms with E-state index in [1.165, 1.54) is 0 Å². The van der Waals surface area contributed by atoms with Crippen LogP contribution in [0.15, 0.2) is 24.8 Å². The summed E-state index contributed by atoms with van der Waals surface area (Å²) in [5.41, 5.74) is 1.09. The van der Waals surface area contributed by atoms with Crippen LogP contribution in [0.3, 0.4) is 0 Å². The Hall–Kier alpha value is -1.95. The zero-order valence-electron chi connectivity index (χ0n) is 8.68. The van der Waals surface area contributed by atoms with Gasteiger partial charge in [-0.05, 0) is 11.2 Å². The zero-order chi connectivity index (χ0) is 10.8. The number of hydrogen-bond acceptors (Lipinski definition) is 4. The predicted octanol–water partition coefficient (Wildman–Crippen LogP) is -0.437. The first-order valence-electron chi connectivity index (χ1n) is 5.17. The third-order valence-corrected chi connectivity index (χ3v) is 2.48. The Balaban J connectivity index is 2.01. The van der Waals surface area contributed by atoms with Gasteiger partial charge in [-0.3, -0.25) is 0 Å². The van der Waals surface area contributed by atoms with Gasteiger partial charge in [-0.25, -0.2) is 0 Å². The Kier molecular flexibility index (Phi) is 2.26. The summed E-state index contributed by atoms with van der Waals surface area (Å²) in [6, 6.07) is 3.97. The molecule has 82 valence electrons. The van der Waals surface area contributed by atoms with Gasteiger partial charge in [0.15, 0.2) is 6.33 Å². The molecule has 2 aromatic rings. The Morgan fingerprint density at radius 2 is 2.38 bits per heavy atom. The lowest BCUT2D eigenvalue weighted by Crippen LogP contribution is -2.28. The van der Waals surface area contributed by atoms with E-state index >= 15 is 0 Å². The van der Waals surface area contributed by atoms with E-state index in [-0.39, 0.29) is 0 Å². The number of hydrogen-bond donors (Lipinski definition) is 2. The molecule has 0 unspecified atom stereocenters. The first kappa shape index (κ1) is 9.29. The molecule has 0 aliphatic carbocycles. The van der Waals surface area contributed by atoms with Crippen LogP contribution in [0.1, 0.15) is 5.56 Å². The summed E-state index contributed by atoms with van der Waals surface area (Å²) in [5, 5.41) is 9.88. The van der Waals surface area contributed by atoms with Crippen LogP contribution in [0.5, 0.6) is 5.88 Å². The van der Waals surface area contributed by atoms with Crippen molar-refractivity contribution in [3.8, 4) is 11.7 Å². The molecule has 0 spiro atoms. The smallest absolute Gasteiger partial charge is 0.275 e. The summed E-state index contributed by atoms with van der Waals surface area (Å²) < 4.78 is 7.38. The van der Waals surface area contributed by atoms with Crippen molar-refractivity contribution in [1.82, 2.24) is 20.5 Å². The maximum atomic E-state index is 5.57. The number of nitrogens with zero attached hydrogens (tertiary/aromatic N) is 3. The topological polar surface area (TPSA) is 66.7 Å². The minimum absolute atomic E-state index is 0.652. The second kappa shape index (κ2) is 3.90. The van der Waals surface area contributed by atoms with Crippen LogP contribution in [-0.4, -0.2) is 28.3 Å². The standard InChI is InChI=1S/C10H11N5O/c1-2-9(15-6-12-13-7-15)14-10-8(1)5-11-3-4-16-10/h1-2,6-7,11H,3-5H2/p+1. The molecule has 0 amide bonds. The molecule has 0 fully saturated rings. The lowest BCUT2D eigenvalue weighted by atomic mass is 10.2. The highest BCUT2D eigenvalue weighted by atomic mass is 16.5. The molecular formula is C10H12N5O+. The molecule has 0 bridgehead atoms. The molecule has 2 aromatic heterocycles. The van der Waals surface area contributed by atoms with Crippen molar-refractivity contribution < 1.29 is 9.30 Å². The van der Waals surface area contributed by atoms with E-state index in [1.807, 2.05) is 16.7 Å². The number of ether oxygens (including phenoxy) is 1. The summed E-state index contributed by atoms with van der Waals surface area (Å²) in [7, 11) is 0. The van der Waals surface area contributed by atoms with Gasteiger partial charge in [0.2, 0.25) is 12.1 Å². The zero-order valence-corrected chi connectivity index (χ0v) is 8.68. The summed E-state index contributed by atoms with van der Waals surface area (Å²) in [6.07, 6.45) is 3.41. The van der Waals surface area contributed by atoms with Crippen LogP contribution in [0.4, 0.5) is 0 Å². The highest BCUT2D eigenvalue weighted by Crippen LogP contribution is 2.17. The number of nitrogens with one attached hydrogen (secondary N) is 2. The summed E-state index contributed by atoms with van der Waals surface area (Å²) in [5.74, 6) is 1.51. The van der Waals surface area contributed by atoms with Crippen molar-refractivity contribution in [3.05, 3.63) is 30.4 Å². The molecule has 1 aliphatic heterocycles. The Labute approximate surface area is 92.3 Å². The minimum atomic E-state index is 0.652. The summed E-state index contributed by atoms with van der Waals surface area (Å²) in [6.45, 7) is 2.31. The minimum Gasteiger partial charge on any atom is -0.467 e. The molecule has 3 rings (SSSR count). The van der Waals surface area contributed by atoms with Crippen molar-refractivity contribution in [2.75, 3.05) is 13.2 Å². The number of aromatic nitrogens is 4. The number of pyridine rings is 1. The van der Waals surface area contributed by atoms with Crippen molar-refractivity contribution in [2.24, 2.45) is 0 Å². The van der Waals surface area contributed by atoms with Gasteiger partial charge in [-0.1, -0.05) is 4.98 Å². The predicted molar refractivity (Wildman–Crippen MR) is 55.1 cm³/mol. The molecule has 0 atom stereocenters. The lowest BCUT2D eigenvalue weighted by molar-refractivity contribution is -0.599. The molecule has 0 saturated carbocycles. The largest absolute Gasteiger partial charge is 0.467 e. The molecule has 16 heavy (non-hydrogen) atoms. The van der Waals surface area contributed by atoms with Gasteiger partial charge in [-0.15, -0.1) is 0 Å². The van der Waals surface area contributed by atoms with Crippen molar-refractivity contribution in [2.45, 2.75) is 6.54 Å². The van der Waals surface area contributed by atoms with Gasteiger partial charge in [0.05, 0.1) is 0 Å². The molecule has 0 saturated heterocycles. The quantitative estimate of drug-likeness (QED) is 0.637. The molecule has 2 N–H and O–H groups in total. The van der Waals surface area contributed by atoms with Gasteiger partial charge in [0.25, 0.3) is 5.88 Å². The average Bonchev–Trinajstić information content (AvgIpc) is 2.74. The second-order valence-corrected chi connectivity index (χ2v) is 3.57. The van der Waals surface area contributed by atoms with Crippen molar-refractivity contribution in [3.63, 3.8) is 0 Å². The second-order valence-electron chi connectivity index (χ2n) is 3.57. The Bertz CT molecular complexity index is 482. The number of H-pyrrole nitrogens is 1. The molecule has 1 aliphatic rings. The normalized spacial score (nSPS) is 15.0. The lowest BCUT2D eigenvalue weighted by Gasteiger charge is -2.03. The SMILES string of the molecule is c1cc2c(nc1-[n+]1cn[nH]c1)OCCNC2. The molecule has 6 heteroatoms. The van der Waals surface area contributed by atoms with Crippen LogP contribution in [0, 0.1) is 0 Å². The monoisotopic (exact) mass is 218 g/mol. The summed E-state index contributed by atoms with van der Waals surface area (Å²) in [4.78, 5) is 4.46. The number of rotatable bonds is 1. The van der Waals surface area contributed by atoms with Crippen LogP contribution < -0.4 is 14.6 Å². The van der Waals surface area contributed by atoms with E-state index < -0.39 is 0 Å². The van der Waals surface area contributed by atoms with E-state index in [4.69, 9.17) is 4.74 Å². The van der Waals surface area contributed by atoms with E-state index in [9.17, 15) is 0 Å². The van der Waals surface area contributed by atoms with Gasteiger partial charge in [0.1, 0.15) is 6.61 Å². The van der Waals surface area contributed by atoms with Gasteiger partial charge >= 0.3 is 0 Å². The summed E-state index contributed by atoms with van der Waals surface area (Å²) >= 11 is 0. The first-order chi connectivity index (χ1) is 7.93. The molecule has 0 radical (unpaired) electrons. The molecule has 0 aromatic carbocycles. The third-order valence-electron chi connectivity index (χ3n) is 2.48. The van der Waals surface area contributed by atoms with Crippen LogP contribution in [0.25, 0.3) is 5.82 Å². The third kappa shape index (κ3) is 1.63. The number of aromatic amines is 1. The van der Waals surface area contributed by atoms with Crippen LogP contribution in [0.2, 0.25) is 0 Å². The fourth-order valence-electron chi connectivity index (χ4n) is 1.66. The fourth-order valence-corrected chi connectivity index (χ4v) is 1.66. The van der Waals surface area contributed by atoms with Crippen molar-refractivity contribution in [1.29, 1.82) is 0 Å². The van der Waals surface area contributed by atoms with Gasteiger partial charge in [0, 0.05) is 24.7 Å². The fraction of sp³-hybridized carbons (Fsp3) is 0.300. The highest BCUT2D eigenvalue weighted by molar-refractivity contribution is 5.31. The van der Waals surface area contributed by atoms with Gasteiger partial charge < -0.3 is 10.1 Å². The molecule has 3 heterocycles. The highest BCUT2D eigenvalue weighted by Gasteiger charge is 2.15. The van der Waals surface area contributed by atoms with E-state index in [0.717, 1.165) is 24.5 Å². The van der Waals surface area contributed by atoms with Crippen LogP contribution >= 0.6 is 0 Å². The maximum Gasteiger partial charge on any atom is 0.275 e. The van der Waals surface area contributed by atoms with E-state index in [1.54, 1.807) is 12.7 Å². The molecular weight excluding hydrogens is 206 g/mol.